The molecule has 0 unspecified atom stereocenters. The number of fused-ring (bicyclic) bond motifs is 1. The Bertz CT molecular complexity index is 520. The van der Waals surface area contributed by atoms with Gasteiger partial charge in [0.05, 0.1) is 12.7 Å². The maximum absolute atomic E-state index is 11.3. The molecule has 0 aliphatic heterocycles. The van der Waals surface area contributed by atoms with Gasteiger partial charge in [-0.25, -0.2) is 4.79 Å². The van der Waals surface area contributed by atoms with Crippen molar-refractivity contribution < 1.29 is 9.53 Å². The maximum atomic E-state index is 11.3. The first-order chi connectivity index (χ1) is 7.20. The van der Waals surface area contributed by atoms with Gasteiger partial charge in [0.1, 0.15) is 0 Å². The molecule has 3 heteroatoms. The number of ether oxygens (including phenoxy) is 1. The molecule has 0 N–H and O–H groups in total. The Balaban J connectivity index is 2.57. The van der Waals surface area contributed by atoms with Crippen LogP contribution in [0.1, 0.15) is 10.4 Å². The van der Waals surface area contributed by atoms with Gasteiger partial charge in [0.2, 0.25) is 0 Å². The number of esters is 1. The van der Waals surface area contributed by atoms with Crippen LogP contribution < -0.4 is 0 Å². The van der Waals surface area contributed by atoms with Crippen LogP contribution in [0.25, 0.3) is 10.8 Å². The number of hydrogen-bond donors (Lipinski definition) is 0. The van der Waals surface area contributed by atoms with Crippen LogP contribution in [-0.4, -0.2) is 13.1 Å². The van der Waals surface area contributed by atoms with E-state index in [1.54, 1.807) is 6.07 Å². The van der Waals surface area contributed by atoms with Gasteiger partial charge in [-0.15, -0.1) is 0 Å². The standard InChI is InChI=1S/C12H9IO2/c1-15-12(14)10-3-2-9-7-11(13)5-4-8(9)6-10/h2-7H,1H3. The molecule has 0 spiro atoms. The van der Waals surface area contributed by atoms with Gasteiger partial charge in [-0.1, -0.05) is 12.1 Å². The minimum atomic E-state index is -0.296. The van der Waals surface area contributed by atoms with Gasteiger partial charge in [-0.3, -0.25) is 0 Å². The zero-order valence-corrected chi connectivity index (χ0v) is 10.3. The van der Waals surface area contributed by atoms with Gasteiger partial charge >= 0.3 is 5.97 Å². The molecule has 0 fully saturated rings. The zero-order valence-electron chi connectivity index (χ0n) is 8.16. The van der Waals surface area contributed by atoms with Crippen molar-refractivity contribution in [3.05, 3.63) is 45.5 Å². The van der Waals surface area contributed by atoms with Crippen molar-refractivity contribution in [2.45, 2.75) is 0 Å². The Hall–Kier alpha value is -1.10. The van der Waals surface area contributed by atoms with E-state index in [0.717, 1.165) is 10.8 Å². The fraction of sp³-hybridized carbons (Fsp3) is 0.0833. The van der Waals surface area contributed by atoms with E-state index in [0.29, 0.717) is 5.56 Å². The van der Waals surface area contributed by atoms with E-state index in [2.05, 4.69) is 33.4 Å². The molecule has 0 aliphatic carbocycles. The summed E-state index contributed by atoms with van der Waals surface area (Å²) in [4.78, 5) is 11.3. The average molecular weight is 312 g/mol. The number of halogens is 1. The summed E-state index contributed by atoms with van der Waals surface area (Å²) in [7, 11) is 1.39. The number of benzene rings is 2. The van der Waals surface area contributed by atoms with E-state index < -0.39 is 0 Å². The average Bonchev–Trinajstić information content (AvgIpc) is 2.27. The molecule has 0 atom stereocenters. The van der Waals surface area contributed by atoms with Crippen molar-refractivity contribution in [3.8, 4) is 0 Å². The molecule has 76 valence electrons. The fourth-order valence-corrected chi connectivity index (χ4v) is 1.98. The summed E-state index contributed by atoms with van der Waals surface area (Å²) < 4.78 is 5.85. The molecule has 2 aromatic carbocycles. The molecule has 0 saturated heterocycles. The fourth-order valence-electron chi connectivity index (χ4n) is 1.46. The van der Waals surface area contributed by atoms with Crippen molar-refractivity contribution in [2.24, 2.45) is 0 Å². The maximum Gasteiger partial charge on any atom is 0.337 e. The van der Waals surface area contributed by atoms with Crippen LogP contribution in [0.15, 0.2) is 36.4 Å². The van der Waals surface area contributed by atoms with Crippen LogP contribution >= 0.6 is 22.6 Å². The third-order valence-electron chi connectivity index (χ3n) is 2.22. The van der Waals surface area contributed by atoms with Crippen molar-refractivity contribution in [1.82, 2.24) is 0 Å². The van der Waals surface area contributed by atoms with Crippen LogP contribution in [0.4, 0.5) is 0 Å². The smallest absolute Gasteiger partial charge is 0.337 e. The molecular formula is C12H9IO2. The molecule has 2 aromatic rings. The second kappa shape index (κ2) is 4.18. The van der Waals surface area contributed by atoms with Crippen LogP contribution in [-0.2, 0) is 4.74 Å². The van der Waals surface area contributed by atoms with Gasteiger partial charge in [0, 0.05) is 3.57 Å². The Kier molecular flexibility index (Phi) is 2.90. The normalized spacial score (nSPS) is 10.3. The van der Waals surface area contributed by atoms with Gasteiger partial charge in [0.15, 0.2) is 0 Å². The van der Waals surface area contributed by atoms with E-state index in [1.165, 1.54) is 10.7 Å². The topological polar surface area (TPSA) is 26.3 Å². The number of carbonyl (C=O) groups is 1. The lowest BCUT2D eigenvalue weighted by Crippen LogP contribution is -2.00. The van der Waals surface area contributed by atoms with Crippen LogP contribution in [0.3, 0.4) is 0 Å². The van der Waals surface area contributed by atoms with E-state index in [-0.39, 0.29) is 5.97 Å². The second-order valence-electron chi connectivity index (χ2n) is 3.20. The van der Waals surface area contributed by atoms with E-state index in [1.807, 2.05) is 24.3 Å². The quantitative estimate of drug-likeness (QED) is 0.597. The monoisotopic (exact) mass is 312 g/mol. The Morgan fingerprint density at radius 3 is 2.53 bits per heavy atom. The lowest BCUT2D eigenvalue weighted by atomic mass is 10.1. The molecule has 0 saturated carbocycles. The number of rotatable bonds is 1. The van der Waals surface area contributed by atoms with Crippen molar-refractivity contribution >= 4 is 39.3 Å². The van der Waals surface area contributed by atoms with Gasteiger partial charge in [0.25, 0.3) is 0 Å². The van der Waals surface area contributed by atoms with Crippen molar-refractivity contribution in [1.29, 1.82) is 0 Å². The van der Waals surface area contributed by atoms with E-state index in [9.17, 15) is 4.79 Å². The molecule has 0 radical (unpaired) electrons. The lowest BCUT2D eigenvalue weighted by Gasteiger charge is -2.02. The van der Waals surface area contributed by atoms with E-state index >= 15 is 0 Å². The minimum Gasteiger partial charge on any atom is -0.465 e. The van der Waals surface area contributed by atoms with Crippen LogP contribution in [0, 0.1) is 3.57 Å². The largest absolute Gasteiger partial charge is 0.465 e. The predicted molar refractivity (Wildman–Crippen MR) is 68.0 cm³/mol. The highest BCUT2D eigenvalue weighted by Crippen LogP contribution is 2.19. The predicted octanol–water partition coefficient (Wildman–Crippen LogP) is 3.23. The first kappa shape index (κ1) is 10.4. The number of methoxy groups -OCH3 is 1. The molecule has 2 rings (SSSR count). The summed E-state index contributed by atoms with van der Waals surface area (Å²) in [5, 5.41) is 2.19. The second-order valence-corrected chi connectivity index (χ2v) is 4.44. The third-order valence-corrected chi connectivity index (χ3v) is 2.89. The summed E-state index contributed by atoms with van der Waals surface area (Å²) >= 11 is 2.27. The first-order valence-electron chi connectivity index (χ1n) is 4.48. The molecule has 15 heavy (non-hydrogen) atoms. The first-order valence-corrected chi connectivity index (χ1v) is 5.56. The van der Waals surface area contributed by atoms with Gasteiger partial charge in [-0.2, -0.15) is 0 Å². The molecule has 0 aromatic heterocycles. The Labute approximate surface area is 101 Å². The highest BCUT2D eigenvalue weighted by molar-refractivity contribution is 14.1. The lowest BCUT2D eigenvalue weighted by molar-refractivity contribution is 0.0601. The van der Waals surface area contributed by atoms with E-state index in [4.69, 9.17) is 0 Å². The van der Waals surface area contributed by atoms with Crippen LogP contribution in [0.5, 0.6) is 0 Å². The highest BCUT2D eigenvalue weighted by Gasteiger charge is 2.05. The summed E-state index contributed by atoms with van der Waals surface area (Å²) in [5.41, 5.74) is 0.589. The number of carbonyl (C=O) groups excluding carboxylic acids is 1. The third kappa shape index (κ3) is 2.12. The molecule has 0 amide bonds. The van der Waals surface area contributed by atoms with Crippen LogP contribution in [0.2, 0.25) is 0 Å². The van der Waals surface area contributed by atoms with Gasteiger partial charge < -0.3 is 4.74 Å². The summed E-state index contributed by atoms with van der Waals surface area (Å²) in [6, 6.07) is 11.7. The Morgan fingerprint density at radius 2 is 1.80 bits per heavy atom. The summed E-state index contributed by atoms with van der Waals surface area (Å²) in [6.07, 6.45) is 0. The molecular weight excluding hydrogens is 303 g/mol. The minimum absolute atomic E-state index is 0.296. The Morgan fingerprint density at radius 1 is 1.13 bits per heavy atom. The van der Waals surface area contributed by atoms with Gasteiger partial charge in [-0.05, 0) is 57.6 Å². The SMILES string of the molecule is COC(=O)c1ccc2cc(I)ccc2c1. The molecule has 0 heterocycles. The zero-order chi connectivity index (χ0) is 10.8. The van der Waals surface area contributed by atoms with Crippen molar-refractivity contribution in [2.75, 3.05) is 7.11 Å². The summed E-state index contributed by atoms with van der Waals surface area (Å²) in [6.45, 7) is 0. The molecule has 0 bridgehead atoms. The molecule has 0 aliphatic rings. The highest BCUT2D eigenvalue weighted by atomic mass is 127. The molecule has 2 nitrogen and oxygen atoms in total. The van der Waals surface area contributed by atoms with Crippen molar-refractivity contribution in [3.63, 3.8) is 0 Å². The summed E-state index contributed by atoms with van der Waals surface area (Å²) in [5.74, 6) is -0.296. The number of hydrogen-bond acceptors (Lipinski definition) is 2.